The van der Waals surface area contributed by atoms with Gasteiger partial charge in [0.1, 0.15) is 18.2 Å². The molecular formula is C41H36N4. The molecular weight excluding hydrogens is 548 g/mol. The highest BCUT2D eigenvalue weighted by atomic mass is 15.1. The van der Waals surface area contributed by atoms with Crippen molar-refractivity contribution >= 4 is 17.1 Å². The number of hydrogen-bond acceptors (Lipinski definition) is 4. The average Bonchev–Trinajstić information content (AvgIpc) is 3.04. The number of rotatable bonds is 5. The molecule has 45 heavy (non-hydrogen) atoms. The molecule has 4 nitrogen and oxygen atoms in total. The zero-order chi connectivity index (χ0) is 32.4. The highest BCUT2D eigenvalue weighted by Crippen LogP contribution is 2.48. The van der Waals surface area contributed by atoms with Crippen molar-refractivity contribution in [2.24, 2.45) is 0 Å². The van der Waals surface area contributed by atoms with Crippen LogP contribution in [0.3, 0.4) is 0 Å². The molecule has 0 fully saturated rings. The van der Waals surface area contributed by atoms with E-state index in [-0.39, 0.29) is 5.56 Å². The van der Waals surface area contributed by atoms with E-state index in [0.29, 0.717) is 16.8 Å². The topological polar surface area (TPSA) is 74.6 Å². The number of nitriles is 3. The van der Waals surface area contributed by atoms with Crippen LogP contribution in [0.1, 0.15) is 69.4 Å². The van der Waals surface area contributed by atoms with Gasteiger partial charge in [0.2, 0.25) is 0 Å². The van der Waals surface area contributed by atoms with Crippen molar-refractivity contribution in [2.45, 2.75) is 52.4 Å². The van der Waals surface area contributed by atoms with Crippen LogP contribution in [0.4, 0.5) is 17.1 Å². The third-order valence-corrected chi connectivity index (χ3v) is 8.00. The highest BCUT2D eigenvalue weighted by Gasteiger charge is 2.37. The van der Waals surface area contributed by atoms with Gasteiger partial charge in [-0.05, 0) is 68.5 Å². The molecule has 0 unspecified atom stereocenters. The first kappa shape index (κ1) is 30.8. The summed E-state index contributed by atoms with van der Waals surface area (Å²) in [5.41, 5.74) is 7.76. The number of hydrogen-bond donors (Lipinski definition) is 0. The largest absolute Gasteiger partial charge is 0.308 e. The number of benzene rings is 5. The van der Waals surface area contributed by atoms with Gasteiger partial charge in [-0.3, -0.25) is 0 Å². The van der Waals surface area contributed by atoms with E-state index in [1.54, 1.807) is 0 Å². The summed E-state index contributed by atoms with van der Waals surface area (Å²) in [6.07, 6.45) is 0. The fourth-order valence-electron chi connectivity index (χ4n) is 6.06. The van der Waals surface area contributed by atoms with E-state index in [1.807, 2.05) is 111 Å². The van der Waals surface area contributed by atoms with E-state index in [9.17, 15) is 15.8 Å². The van der Waals surface area contributed by atoms with Gasteiger partial charge in [0.25, 0.3) is 0 Å². The second kappa shape index (κ2) is 12.2. The Morgan fingerprint density at radius 2 is 0.756 bits per heavy atom. The molecule has 0 aliphatic heterocycles. The van der Waals surface area contributed by atoms with Crippen LogP contribution in [0.5, 0.6) is 0 Å². The van der Waals surface area contributed by atoms with Gasteiger partial charge >= 0.3 is 0 Å². The number of anilines is 3. The van der Waals surface area contributed by atoms with Crippen molar-refractivity contribution in [3.05, 3.63) is 137 Å². The van der Waals surface area contributed by atoms with Gasteiger partial charge in [0.05, 0.1) is 22.4 Å². The van der Waals surface area contributed by atoms with E-state index in [0.717, 1.165) is 44.8 Å². The maximum atomic E-state index is 10.9. The molecule has 0 heterocycles. The predicted molar refractivity (Wildman–Crippen MR) is 184 cm³/mol. The molecule has 0 saturated heterocycles. The molecule has 4 heteroatoms. The lowest BCUT2D eigenvalue weighted by Crippen LogP contribution is -2.28. The first-order valence-electron chi connectivity index (χ1n) is 15.1. The SMILES string of the molecule is CC(C)(C)c1c(C#N)c(C#N)c(N(c2ccc(-c3ccccc3)cc2)c2ccc(-c3ccccc3)cc2)c(C#N)c1C(C)(C)C. The van der Waals surface area contributed by atoms with Crippen LogP contribution >= 0.6 is 0 Å². The van der Waals surface area contributed by atoms with E-state index in [1.165, 1.54) is 0 Å². The summed E-state index contributed by atoms with van der Waals surface area (Å²) >= 11 is 0. The zero-order valence-corrected chi connectivity index (χ0v) is 26.7. The van der Waals surface area contributed by atoms with Gasteiger partial charge in [-0.2, -0.15) is 15.8 Å². The summed E-state index contributed by atoms with van der Waals surface area (Å²) in [6.45, 7) is 12.3. The molecule has 0 spiro atoms. The molecule has 0 aromatic heterocycles. The molecule has 0 saturated carbocycles. The molecule has 0 bridgehead atoms. The molecule has 0 amide bonds. The maximum absolute atomic E-state index is 10.9. The second-order valence-corrected chi connectivity index (χ2v) is 13.2. The summed E-state index contributed by atoms with van der Waals surface area (Å²) in [7, 11) is 0. The Kier molecular flexibility index (Phi) is 8.33. The van der Waals surface area contributed by atoms with Gasteiger partial charge < -0.3 is 4.90 Å². The van der Waals surface area contributed by atoms with Crippen LogP contribution in [-0.2, 0) is 10.8 Å². The first-order chi connectivity index (χ1) is 21.5. The molecule has 0 aliphatic rings. The Morgan fingerprint density at radius 3 is 1.09 bits per heavy atom. The highest BCUT2D eigenvalue weighted by molar-refractivity contribution is 5.89. The molecule has 0 atom stereocenters. The Labute approximate surface area is 267 Å². The van der Waals surface area contributed by atoms with Gasteiger partial charge in [0.15, 0.2) is 0 Å². The van der Waals surface area contributed by atoms with Crippen molar-refractivity contribution in [3.63, 3.8) is 0 Å². The van der Waals surface area contributed by atoms with Gasteiger partial charge in [-0.1, -0.05) is 126 Å². The van der Waals surface area contributed by atoms with E-state index in [4.69, 9.17) is 0 Å². The maximum Gasteiger partial charge on any atom is 0.103 e. The summed E-state index contributed by atoms with van der Waals surface area (Å²) in [4.78, 5) is 1.96. The minimum Gasteiger partial charge on any atom is -0.308 e. The molecule has 5 rings (SSSR count). The summed E-state index contributed by atoms with van der Waals surface area (Å²) in [6, 6.07) is 43.8. The Bertz CT molecular complexity index is 1870. The van der Waals surface area contributed by atoms with Crippen LogP contribution < -0.4 is 4.90 Å². The Morgan fingerprint density at radius 1 is 0.422 bits per heavy atom. The van der Waals surface area contributed by atoms with Gasteiger partial charge in [-0.25, -0.2) is 0 Å². The summed E-state index contributed by atoms with van der Waals surface area (Å²) in [5, 5.41) is 32.2. The molecule has 0 aliphatic carbocycles. The number of nitrogens with zero attached hydrogens (tertiary/aromatic N) is 4. The van der Waals surface area contributed by atoms with Gasteiger partial charge in [0, 0.05) is 11.4 Å². The van der Waals surface area contributed by atoms with Crippen molar-refractivity contribution < 1.29 is 0 Å². The molecule has 0 radical (unpaired) electrons. The monoisotopic (exact) mass is 584 g/mol. The lowest BCUT2D eigenvalue weighted by molar-refractivity contribution is 0.527. The van der Waals surface area contributed by atoms with Crippen LogP contribution in [0.15, 0.2) is 109 Å². The van der Waals surface area contributed by atoms with Crippen LogP contribution in [0.2, 0.25) is 0 Å². The third-order valence-electron chi connectivity index (χ3n) is 8.00. The molecule has 5 aromatic carbocycles. The predicted octanol–water partition coefficient (Wildman–Crippen LogP) is 10.7. The standard InChI is InChI=1S/C41H36N4/c1-40(2,3)37-34(25-42)35(26-43)39(36(27-44)38(37)41(4,5)6)45(32-21-17-30(18-22-32)28-13-9-7-10-14-28)33-23-19-31(20-24-33)29-15-11-8-12-16-29/h7-24H,1-6H3. The van der Waals surface area contributed by atoms with Crippen LogP contribution in [-0.4, -0.2) is 0 Å². The van der Waals surface area contributed by atoms with Gasteiger partial charge in [-0.15, -0.1) is 0 Å². The van der Waals surface area contributed by atoms with E-state index in [2.05, 4.69) is 63.2 Å². The Balaban J connectivity index is 1.85. The summed E-state index contributed by atoms with van der Waals surface area (Å²) < 4.78 is 0. The van der Waals surface area contributed by atoms with Crippen LogP contribution in [0, 0.1) is 34.0 Å². The minimum atomic E-state index is -0.484. The minimum absolute atomic E-state index is 0.200. The lowest BCUT2D eigenvalue weighted by Gasteiger charge is -2.36. The van der Waals surface area contributed by atoms with Crippen LogP contribution in [0.25, 0.3) is 22.3 Å². The van der Waals surface area contributed by atoms with Crippen molar-refractivity contribution in [1.82, 2.24) is 0 Å². The van der Waals surface area contributed by atoms with E-state index < -0.39 is 10.8 Å². The quantitative estimate of drug-likeness (QED) is 0.206. The zero-order valence-electron chi connectivity index (χ0n) is 26.7. The van der Waals surface area contributed by atoms with Crippen molar-refractivity contribution in [2.75, 3.05) is 4.90 Å². The van der Waals surface area contributed by atoms with E-state index >= 15 is 0 Å². The van der Waals surface area contributed by atoms with Crippen molar-refractivity contribution in [1.29, 1.82) is 15.8 Å². The average molecular weight is 585 g/mol. The summed E-state index contributed by atoms with van der Waals surface area (Å²) in [5.74, 6) is 0. The fraction of sp³-hybridized carbons (Fsp3) is 0.195. The van der Waals surface area contributed by atoms with Crippen molar-refractivity contribution in [3.8, 4) is 40.5 Å². The smallest absolute Gasteiger partial charge is 0.103 e. The molecule has 5 aromatic rings. The third kappa shape index (κ3) is 5.95. The fourth-order valence-corrected chi connectivity index (χ4v) is 6.06. The second-order valence-electron chi connectivity index (χ2n) is 13.2. The lowest BCUT2D eigenvalue weighted by atomic mass is 9.69. The molecule has 220 valence electrons. The Hall–Kier alpha value is -5.63. The normalized spacial score (nSPS) is 11.3. The first-order valence-corrected chi connectivity index (χ1v) is 15.1. The molecule has 0 N–H and O–H groups in total.